The van der Waals surface area contributed by atoms with Gasteiger partial charge in [0.15, 0.2) is 0 Å². The van der Waals surface area contributed by atoms with E-state index in [2.05, 4.69) is 10.6 Å². The number of likely N-dealkylation sites (N-methyl/N-ethyl adjacent to an activating group) is 2. The molecule has 7 amide bonds. The molecule has 3 rings (SSSR count). The maximum Gasteiger partial charge on any atom is 0.326 e. The normalized spacial score (nSPS) is 18.3. The smallest absolute Gasteiger partial charge is 0.326 e. The summed E-state index contributed by atoms with van der Waals surface area (Å²) >= 11 is 0. The predicted molar refractivity (Wildman–Crippen MR) is 235 cm³/mol. The fourth-order valence-electron chi connectivity index (χ4n) is 8.70. The van der Waals surface area contributed by atoms with Crippen LogP contribution in [0.3, 0.4) is 0 Å². The molecule has 2 aliphatic heterocycles. The van der Waals surface area contributed by atoms with E-state index in [4.69, 9.17) is 9.47 Å². The first-order valence-electron chi connectivity index (χ1n) is 22.1. The lowest BCUT2D eigenvalue weighted by Gasteiger charge is -2.39. The third-order valence-electron chi connectivity index (χ3n) is 12.5. The molecule has 1 aromatic rings. The fourth-order valence-corrected chi connectivity index (χ4v) is 8.70. The van der Waals surface area contributed by atoms with Crippen molar-refractivity contribution in [1.82, 2.24) is 30.2 Å². The van der Waals surface area contributed by atoms with Crippen LogP contribution in [0.4, 0.5) is 0 Å². The summed E-state index contributed by atoms with van der Waals surface area (Å²) in [4.78, 5) is 110. The standard InChI is InChI=1S/C46H70N6O11/c1-10-30(4)42(50(7)40(57)28-47-45(59)41(29(2)3)49(6)36(53)21-15-12-16-24-52-37(54)22-23-38(52)55)35(62-8)27-39(56)51-25-17-20-34(51)43(63-9)31(5)44(58)48-33(46(60)61)26-32-18-13-11-14-19-32/h11,13-14,18-19,22-23,29-31,33-35,41-43H,10,12,15-17,20-21,24-28H2,1-9H3,(H,47,59)(H,48,58)(H,60,61). The lowest BCUT2D eigenvalue weighted by atomic mass is 9.90. The summed E-state index contributed by atoms with van der Waals surface area (Å²) < 4.78 is 11.8. The zero-order valence-electron chi connectivity index (χ0n) is 38.5. The molecule has 1 fully saturated rings. The van der Waals surface area contributed by atoms with E-state index in [-0.39, 0.29) is 67.8 Å². The van der Waals surface area contributed by atoms with Gasteiger partial charge in [-0.2, -0.15) is 0 Å². The van der Waals surface area contributed by atoms with E-state index in [1.807, 2.05) is 33.8 Å². The number of hydrogen-bond acceptors (Lipinski definition) is 10. The van der Waals surface area contributed by atoms with Gasteiger partial charge in [0.1, 0.15) is 12.1 Å². The number of ether oxygens (including phenoxy) is 2. The Morgan fingerprint density at radius 2 is 1.52 bits per heavy atom. The van der Waals surface area contributed by atoms with E-state index in [1.54, 1.807) is 50.2 Å². The highest BCUT2D eigenvalue weighted by atomic mass is 16.5. The van der Waals surface area contributed by atoms with Crippen LogP contribution in [-0.2, 0) is 54.3 Å². The number of imide groups is 1. The number of nitrogens with one attached hydrogen (secondary N) is 2. The van der Waals surface area contributed by atoms with Crippen molar-refractivity contribution in [1.29, 1.82) is 0 Å². The molecule has 17 nitrogen and oxygen atoms in total. The van der Waals surface area contributed by atoms with Gasteiger partial charge in [-0.05, 0) is 43.1 Å². The van der Waals surface area contributed by atoms with Crippen molar-refractivity contribution >= 4 is 47.3 Å². The number of methoxy groups -OCH3 is 2. The molecule has 2 aliphatic rings. The Morgan fingerprint density at radius 1 is 0.873 bits per heavy atom. The summed E-state index contributed by atoms with van der Waals surface area (Å²) in [7, 11) is 6.13. The Bertz CT molecular complexity index is 1760. The monoisotopic (exact) mass is 883 g/mol. The minimum atomic E-state index is -1.16. The van der Waals surface area contributed by atoms with E-state index in [0.29, 0.717) is 45.1 Å². The average molecular weight is 883 g/mol. The number of carboxylic acid groups (broad SMARTS) is 1. The van der Waals surface area contributed by atoms with Crippen molar-refractivity contribution in [3.63, 3.8) is 0 Å². The van der Waals surface area contributed by atoms with E-state index in [9.17, 15) is 43.5 Å². The third kappa shape index (κ3) is 14.4. The number of unbranched alkanes of at least 4 members (excludes halogenated alkanes) is 2. The van der Waals surface area contributed by atoms with E-state index in [1.165, 1.54) is 36.2 Å². The highest BCUT2D eigenvalue weighted by Crippen LogP contribution is 2.29. The van der Waals surface area contributed by atoms with Gasteiger partial charge in [0.2, 0.25) is 29.5 Å². The molecule has 1 saturated heterocycles. The van der Waals surface area contributed by atoms with Gasteiger partial charge in [0.25, 0.3) is 11.8 Å². The first-order valence-corrected chi connectivity index (χ1v) is 22.1. The first-order chi connectivity index (χ1) is 29.9. The molecule has 0 bridgehead atoms. The van der Waals surface area contributed by atoms with E-state index in [0.717, 1.165) is 10.5 Å². The molecule has 0 radical (unpaired) electrons. The minimum absolute atomic E-state index is 0.0742. The zero-order chi connectivity index (χ0) is 47.0. The van der Waals surface area contributed by atoms with Crippen molar-refractivity contribution < 1.29 is 52.9 Å². The number of carbonyl (C=O) groups excluding carboxylic acids is 7. The second kappa shape index (κ2) is 25.2. The second-order valence-electron chi connectivity index (χ2n) is 17.1. The molecule has 0 aliphatic carbocycles. The number of carboxylic acids is 1. The molecule has 8 atom stereocenters. The average Bonchev–Trinajstić information content (AvgIpc) is 3.87. The van der Waals surface area contributed by atoms with Crippen LogP contribution in [0, 0.1) is 17.8 Å². The predicted octanol–water partition coefficient (Wildman–Crippen LogP) is 2.80. The summed E-state index contributed by atoms with van der Waals surface area (Å²) in [5, 5.41) is 15.3. The molecular formula is C46H70N6O11. The molecule has 1 aromatic carbocycles. The molecule has 350 valence electrons. The van der Waals surface area contributed by atoms with Gasteiger partial charge in [0, 0.05) is 66.4 Å². The Balaban J connectivity index is 1.62. The molecule has 0 saturated carbocycles. The molecule has 17 heteroatoms. The number of carbonyl (C=O) groups is 8. The van der Waals surface area contributed by atoms with Crippen LogP contribution in [0.2, 0.25) is 0 Å². The maximum atomic E-state index is 14.2. The van der Waals surface area contributed by atoms with Crippen LogP contribution in [0.25, 0.3) is 0 Å². The molecular weight excluding hydrogens is 813 g/mol. The van der Waals surface area contributed by atoms with Crippen LogP contribution in [0.5, 0.6) is 0 Å². The number of aliphatic carboxylic acids is 1. The second-order valence-corrected chi connectivity index (χ2v) is 17.1. The summed E-state index contributed by atoms with van der Waals surface area (Å²) in [5.41, 5.74) is 0.763. The van der Waals surface area contributed by atoms with Gasteiger partial charge in [-0.25, -0.2) is 4.79 Å². The summed E-state index contributed by atoms with van der Waals surface area (Å²) in [6, 6.07) is 5.99. The molecule has 63 heavy (non-hydrogen) atoms. The Hall–Kier alpha value is -5.16. The zero-order valence-corrected chi connectivity index (χ0v) is 38.5. The highest BCUT2D eigenvalue weighted by molar-refractivity contribution is 6.12. The minimum Gasteiger partial charge on any atom is -0.480 e. The molecule has 0 aromatic heterocycles. The largest absolute Gasteiger partial charge is 0.480 e. The van der Waals surface area contributed by atoms with E-state index < -0.39 is 66.0 Å². The number of amides is 7. The summed E-state index contributed by atoms with van der Waals surface area (Å²) in [5.74, 6) is -4.90. The first kappa shape index (κ1) is 52.2. The van der Waals surface area contributed by atoms with Crippen LogP contribution >= 0.6 is 0 Å². The van der Waals surface area contributed by atoms with Gasteiger partial charge in [-0.1, -0.05) is 77.8 Å². The van der Waals surface area contributed by atoms with Crippen LogP contribution in [-0.4, -0.2) is 156 Å². The van der Waals surface area contributed by atoms with Crippen molar-refractivity contribution in [3.05, 3.63) is 48.0 Å². The molecule has 8 unspecified atom stereocenters. The van der Waals surface area contributed by atoms with Gasteiger partial charge in [-0.3, -0.25) is 38.5 Å². The fraction of sp³-hybridized carbons (Fsp3) is 0.652. The number of benzene rings is 1. The highest BCUT2D eigenvalue weighted by Gasteiger charge is 2.42. The quantitative estimate of drug-likeness (QED) is 0.0910. The lowest BCUT2D eigenvalue weighted by Crippen LogP contribution is -2.56. The van der Waals surface area contributed by atoms with Gasteiger partial charge in [-0.15, -0.1) is 0 Å². The number of nitrogens with zero attached hydrogens (tertiary/aromatic N) is 4. The maximum absolute atomic E-state index is 14.2. The number of hydrogen-bond donors (Lipinski definition) is 3. The van der Waals surface area contributed by atoms with E-state index >= 15 is 0 Å². The molecule has 3 N–H and O–H groups in total. The van der Waals surface area contributed by atoms with Gasteiger partial charge < -0.3 is 39.9 Å². The Kier molecular flexibility index (Phi) is 20.9. The number of likely N-dealkylation sites (tertiary alicyclic amines) is 1. The lowest BCUT2D eigenvalue weighted by molar-refractivity contribution is -0.147. The summed E-state index contributed by atoms with van der Waals surface area (Å²) in [6.07, 6.45) is 4.78. The molecule has 0 spiro atoms. The Labute approximate surface area is 372 Å². The van der Waals surface area contributed by atoms with Crippen molar-refractivity contribution in [2.45, 2.75) is 129 Å². The topological polar surface area (TPSA) is 212 Å². The van der Waals surface area contributed by atoms with Gasteiger partial charge in [0.05, 0.1) is 43.2 Å². The van der Waals surface area contributed by atoms with Crippen LogP contribution in [0.1, 0.15) is 91.5 Å². The van der Waals surface area contributed by atoms with Crippen LogP contribution in [0.15, 0.2) is 42.5 Å². The molecule has 2 heterocycles. The summed E-state index contributed by atoms with van der Waals surface area (Å²) in [6.45, 7) is 9.57. The number of rotatable bonds is 26. The van der Waals surface area contributed by atoms with Gasteiger partial charge >= 0.3 is 5.97 Å². The third-order valence-corrected chi connectivity index (χ3v) is 12.5. The van der Waals surface area contributed by atoms with Crippen molar-refractivity contribution in [2.75, 3.05) is 47.9 Å². The Morgan fingerprint density at radius 3 is 2.10 bits per heavy atom. The van der Waals surface area contributed by atoms with Crippen molar-refractivity contribution in [3.8, 4) is 0 Å². The van der Waals surface area contributed by atoms with Crippen molar-refractivity contribution in [2.24, 2.45) is 17.8 Å². The SMILES string of the molecule is CCC(C)C(C(CC(=O)N1CCCC1C(OC)C(C)C(=O)NC(Cc1ccccc1)C(=O)O)OC)N(C)C(=O)CNC(=O)C(C(C)C)N(C)C(=O)CCCCCN1C(=O)C=CC1=O. The van der Waals surface area contributed by atoms with Crippen LogP contribution < -0.4 is 10.6 Å².